The summed E-state index contributed by atoms with van der Waals surface area (Å²) in [6, 6.07) is 13.9. The molecule has 0 aliphatic carbocycles. The Kier molecular flexibility index (Phi) is 4.42. The first-order valence-electron chi connectivity index (χ1n) is 7.63. The van der Waals surface area contributed by atoms with Gasteiger partial charge in [0.1, 0.15) is 5.82 Å². The molecule has 0 bridgehead atoms. The van der Waals surface area contributed by atoms with Crippen LogP contribution in [0.1, 0.15) is 16.2 Å². The van der Waals surface area contributed by atoms with Crippen molar-refractivity contribution in [3.8, 4) is 0 Å². The Morgan fingerprint density at radius 1 is 1.17 bits per heavy atom. The van der Waals surface area contributed by atoms with Crippen LogP contribution in [0.5, 0.6) is 0 Å². The van der Waals surface area contributed by atoms with E-state index in [1.807, 2.05) is 42.9 Å². The highest BCUT2D eigenvalue weighted by molar-refractivity contribution is 6.04. The van der Waals surface area contributed by atoms with Gasteiger partial charge in [0, 0.05) is 32.9 Å². The van der Waals surface area contributed by atoms with E-state index in [4.69, 9.17) is 0 Å². The molecule has 122 valence electrons. The average Bonchev–Trinajstić information content (AvgIpc) is 2.93. The molecule has 0 spiro atoms. The molecule has 3 rings (SSSR count). The van der Waals surface area contributed by atoms with Crippen molar-refractivity contribution in [2.75, 3.05) is 14.1 Å². The lowest BCUT2D eigenvalue weighted by molar-refractivity contribution is 0.103. The maximum absolute atomic E-state index is 13.1. The number of fused-ring (bicyclic) bond motifs is 1. The standard InChI is InChI=1S/C19H18FN3O/c1-22(2)12-11-18(24)19-21-16-5-3-4-6-17(16)23(19)13-14-7-9-15(20)10-8-14/h3-12H,13H2,1-2H3. The molecule has 0 saturated heterocycles. The molecule has 4 nitrogen and oxygen atoms in total. The summed E-state index contributed by atoms with van der Waals surface area (Å²) in [5.74, 6) is -0.0694. The molecule has 0 amide bonds. The Balaban J connectivity index is 2.05. The van der Waals surface area contributed by atoms with Gasteiger partial charge in [-0.05, 0) is 29.8 Å². The third-order valence-electron chi connectivity index (χ3n) is 3.65. The van der Waals surface area contributed by atoms with E-state index in [-0.39, 0.29) is 11.6 Å². The van der Waals surface area contributed by atoms with Crippen LogP contribution in [0.3, 0.4) is 0 Å². The van der Waals surface area contributed by atoms with Crippen molar-refractivity contribution in [1.29, 1.82) is 0 Å². The number of carbonyl (C=O) groups excluding carboxylic acids is 1. The number of hydrogen-bond acceptors (Lipinski definition) is 3. The molecule has 1 heterocycles. The van der Waals surface area contributed by atoms with Crippen LogP contribution in [-0.2, 0) is 6.54 Å². The van der Waals surface area contributed by atoms with Gasteiger partial charge in [0.2, 0.25) is 5.78 Å². The molecule has 0 radical (unpaired) electrons. The number of benzene rings is 2. The monoisotopic (exact) mass is 323 g/mol. The molecular formula is C19H18FN3O. The van der Waals surface area contributed by atoms with E-state index >= 15 is 0 Å². The fraction of sp³-hybridized carbons (Fsp3) is 0.158. The Hall–Kier alpha value is -2.95. The van der Waals surface area contributed by atoms with Crippen LogP contribution in [0.4, 0.5) is 4.39 Å². The second kappa shape index (κ2) is 6.66. The van der Waals surface area contributed by atoms with Gasteiger partial charge in [-0.15, -0.1) is 0 Å². The van der Waals surface area contributed by atoms with Gasteiger partial charge in [-0.25, -0.2) is 9.37 Å². The number of halogens is 1. The topological polar surface area (TPSA) is 38.1 Å². The molecule has 3 aromatic rings. The quantitative estimate of drug-likeness (QED) is 0.533. The SMILES string of the molecule is CN(C)C=CC(=O)c1nc2ccccc2n1Cc1ccc(F)cc1. The summed E-state index contributed by atoms with van der Waals surface area (Å²) >= 11 is 0. The molecule has 0 fully saturated rings. The zero-order valence-corrected chi connectivity index (χ0v) is 13.6. The van der Waals surface area contributed by atoms with Gasteiger partial charge in [-0.2, -0.15) is 0 Å². The van der Waals surface area contributed by atoms with Crippen LogP contribution in [0.15, 0.2) is 60.8 Å². The number of ketones is 1. The van der Waals surface area contributed by atoms with Gasteiger partial charge in [-0.1, -0.05) is 24.3 Å². The summed E-state index contributed by atoms with van der Waals surface area (Å²) in [5, 5.41) is 0. The average molecular weight is 323 g/mol. The van der Waals surface area contributed by atoms with E-state index in [1.54, 1.807) is 23.2 Å². The second-order valence-electron chi connectivity index (χ2n) is 5.78. The molecular weight excluding hydrogens is 305 g/mol. The largest absolute Gasteiger partial charge is 0.383 e. The van der Waals surface area contributed by atoms with Crippen LogP contribution >= 0.6 is 0 Å². The van der Waals surface area contributed by atoms with Gasteiger partial charge in [0.15, 0.2) is 5.82 Å². The van der Waals surface area contributed by atoms with Gasteiger partial charge in [0.05, 0.1) is 11.0 Å². The van der Waals surface area contributed by atoms with E-state index in [0.717, 1.165) is 16.6 Å². The fourth-order valence-corrected chi connectivity index (χ4v) is 2.49. The molecule has 0 N–H and O–H groups in total. The van der Waals surface area contributed by atoms with Crippen LogP contribution in [0.25, 0.3) is 11.0 Å². The van der Waals surface area contributed by atoms with Gasteiger partial charge < -0.3 is 9.47 Å². The summed E-state index contributed by atoms with van der Waals surface area (Å²) in [5.41, 5.74) is 2.55. The number of carbonyl (C=O) groups is 1. The number of aromatic nitrogens is 2. The summed E-state index contributed by atoms with van der Waals surface area (Å²) in [6.45, 7) is 0.456. The number of allylic oxidation sites excluding steroid dienone is 1. The highest BCUT2D eigenvalue weighted by Crippen LogP contribution is 2.19. The minimum atomic E-state index is -0.278. The number of imidazole rings is 1. The van der Waals surface area contributed by atoms with E-state index < -0.39 is 0 Å². The van der Waals surface area contributed by atoms with Crippen molar-refractivity contribution in [2.24, 2.45) is 0 Å². The Bertz CT molecular complexity index is 895. The van der Waals surface area contributed by atoms with Gasteiger partial charge in [0.25, 0.3) is 0 Å². The summed E-state index contributed by atoms with van der Waals surface area (Å²) in [6.07, 6.45) is 3.20. The predicted octanol–water partition coefficient (Wildman–Crippen LogP) is 3.48. The number of rotatable bonds is 5. The maximum Gasteiger partial charge on any atom is 0.222 e. The predicted molar refractivity (Wildman–Crippen MR) is 92.4 cm³/mol. The molecule has 5 heteroatoms. The molecule has 0 atom stereocenters. The highest BCUT2D eigenvalue weighted by atomic mass is 19.1. The number of nitrogens with zero attached hydrogens (tertiary/aromatic N) is 3. The zero-order chi connectivity index (χ0) is 17.1. The Morgan fingerprint density at radius 3 is 2.58 bits per heavy atom. The summed E-state index contributed by atoms with van der Waals surface area (Å²) < 4.78 is 15.0. The van der Waals surface area contributed by atoms with Gasteiger partial charge >= 0.3 is 0 Å². The van der Waals surface area contributed by atoms with Crippen molar-refractivity contribution in [3.63, 3.8) is 0 Å². The maximum atomic E-state index is 13.1. The van der Waals surface area contributed by atoms with E-state index in [0.29, 0.717) is 12.4 Å². The molecule has 24 heavy (non-hydrogen) atoms. The van der Waals surface area contributed by atoms with Crippen LogP contribution in [0.2, 0.25) is 0 Å². The van der Waals surface area contributed by atoms with Crippen molar-refractivity contribution in [2.45, 2.75) is 6.54 Å². The fourth-order valence-electron chi connectivity index (χ4n) is 2.49. The van der Waals surface area contributed by atoms with Crippen molar-refractivity contribution < 1.29 is 9.18 Å². The molecule has 0 unspecified atom stereocenters. The zero-order valence-electron chi connectivity index (χ0n) is 13.6. The Labute approximate surface area is 139 Å². The molecule has 1 aromatic heterocycles. The Morgan fingerprint density at radius 2 is 1.88 bits per heavy atom. The van der Waals surface area contributed by atoms with Crippen molar-refractivity contribution in [1.82, 2.24) is 14.5 Å². The molecule has 0 saturated carbocycles. The summed E-state index contributed by atoms with van der Waals surface area (Å²) in [4.78, 5) is 18.8. The normalized spacial score (nSPS) is 11.3. The lowest BCUT2D eigenvalue weighted by Crippen LogP contribution is -2.11. The first-order chi connectivity index (χ1) is 11.5. The third-order valence-corrected chi connectivity index (χ3v) is 3.65. The second-order valence-corrected chi connectivity index (χ2v) is 5.78. The lowest BCUT2D eigenvalue weighted by Gasteiger charge is -2.08. The van der Waals surface area contributed by atoms with E-state index in [9.17, 15) is 9.18 Å². The van der Waals surface area contributed by atoms with Crippen LogP contribution in [-0.4, -0.2) is 34.3 Å². The minimum Gasteiger partial charge on any atom is -0.383 e. The highest BCUT2D eigenvalue weighted by Gasteiger charge is 2.15. The lowest BCUT2D eigenvalue weighted by atomic mass is 10.2. The van der Waals surface area contributed by atoms with Crippen LogP contribution in [0, 0.1) is 5.82 Å². The third kappa shape index (κ3) is 3.35. The number of hydrogen-bond donors (Lipinski definition) is 0. The van der Waals surface area contributed by atoms with Crippen molar-refractivity contribution in [3.05, 3.63) is 78.0 Å². The number of para-hydroxylation sites is 2. The summed E-state index contributed by atoms with van der Waals surface area (Å²) in [7, 11) is 3.70. The van der Waals surface area contributed by atoms with E-state index in [2.05, 4.69) is 4.98 Å². The molecule has 0 aliphatic rings. The minimum absolute atomic E-state index is 0.165. The van der Waals surface area contributed by atoms with Crippen LogP contribution < -0.4 is 0 Å². The smallest absolute Gasteiger partial charge is 0.222 e. The van der Waals surface area contributed by atoms with Crippen molar-refractivity contribution >= 4 is 16.8 Å². The first kappa shape index (κ1) is 15.9. The van der Waals surface area contributed by atoms with E-state index in [1.165, 1.54) is 18.2 Å². The first-order valence-corrected chi connectivity index (χ1v) is 7.63. The van der Waals surface area contributed by atoms with Gasteiger partial charge in [-0.3, -0.25) is 4.79 Å². The molecule has 2 aromatic carbocycles. The molecule has 0 aliphatic heterocycles.